The molecule has 0 aliphatic heterocycles. The maximum atomic E-state index is 12.2. The summed E-state index contributed by atoms with van der Waals surface area (Å²) in [6.07, 6.45) is -2.78. The Morgan fingerprint density at radius 2 is 1.77 bits per heavy atom. The normalized spacial score (nSPS) is 12.9. The zero-order chi connectivity index (χ0) is 9.84. The summed E-state index contributed by atoms with van der Waals surface area (Å²) in [6.45, 7) is 0. The van der Waals surface area contributed by atoms with Crippen LogP contribution in [0.3, 0.4) is 0 Å². The number of hydrogen-bond donors (Lipinski definition) is 0. The lowest BCUT2D eigenvalue weighted by atomic mass is 10.1. The van der Waals surface area contributed by atoms with Gasteiger partial charge < -0.3 is 0 Å². The van der Waals surface area contributed by atoms with Gasteiger partial charge in [-0.2, -0.15) is 0 Å². The van der Waals surface area contributed by atoms with Gasteiger partial charge in [0.2, 0.25) is 0 Å². The third-order valence-electron chi connectivity index (χ3n) is 1.56. The van der Waals surface area contributed by atoms with E-state index in [2.05, 4.69) is 5.18 Å². The monoisotopic (exact) mass is 205 g/mol. The molecule has 1 aromatic rings. The van der Waals surface area contributed by atoms with Crippen molar-refractivity contribution in [3.8, 4) is 0 Å². The van der Waals surface area contributed by atoms with Crippen molar-refractivity contribution in [3.05, 3.63) is 39.8 Å². The molecule has 0 N–H and O–H groups in total. The van der Waals surface area contributed by atoms with Crippen molar-refractivity contribution in [3.63, 3.8) is 0 Å². The third kappa shape index (κ3) is 2.45. The Morgan fingerprint density at radius 1 is 1.23 bits per heavy atom. The smallest absolute Gasteiger partial charge is 0.208 e. The molecular formula is C8H6ClF2NO. The molecule has 0 radical (unpaired) electrons. The van der Waals surface area contributed by atoms with Gasteiger partial charge >= 0.3 is 0 Å². The molecule has 0 saturated carbocycles. The van der Waals surface area contributed by atoms with E-state index in [4.69, 9.17) is 11.6 Å². The number of nitroso groups, excluding NO2 is 1. The van der Waals surface area contributed by atoms with E-state index in [1.807, 2.05) is 0 Å². The van der Waals surface area contributed by atoms with Gasteiger partial charge in [0.05, 0.1) is 0 Å². The second kappa shape index (κ2) is 4.28. The Hall–Kier alpha value is -1.03. The van der Waals surface area contributed by atoms with Crippen LogP contribution in [0, 0.1) is 4.91 Å². The lowest BCUT2D eigenvalue weighted by Gasteiger charge is -2.07. The highest BCUT2D eigenvalue weighted by Crippen LogP contribution is 2.25. The molecule has 0 aliphatic carbocycles. The topological polar surface area (TPSA) is 29.4 Å². The summed E-state index contributed by atoms with van der Waals surface area (Å²) in [6, 6.07) is 4.01. The Balaban J connectivity index is 2.92. The van der Waals surface area contributed by atoms with Crippen LogP contribution >= 0.6 is 11.6 Å². The minimum atomic E-state index is -2.78. The Labute approximate surface area is 78.5 Å². The van der Waals surface area contributed by atoms with Crippen molar-refractivity contribution in [2.24, 2.45) is 5.18 Å². The zero-order valence-corrected chi connectivity index (χ0v) is 7.21. The van der Waals surface area contributed by atoms with Crippen LogP contribution < -0.4 is 0 Å². The van der Waals surface area contributed by atoms with Crippen LogP contribution in [0.1, 0.15) is 11.6 Å². The number of hydrogen-bond acceptors (Lipinski definition) is 2. The van der Waals surface area contributed by atoms with Crippen molar-refractivity contribution in [2.75, 3.05) is 0 Å². The van der Waals surface area contributed by atoms with E-state index in [1.165, 1.54) is 24.3 Å². The lowest BCUT2D eigenvalue weighted by Crippen LogP contribution is -2.05. The van der Waals surface area contributed by atoms with Crippen molar-refractivity contribution < 1.29 is 8.78 Å². The molecule has 0 fully saturated rings. The van der Waals surface area contributed by atoms with Gasteiger partial charge in [-0.25, -0.2) is 8.78 Å². The van der Waals surface area contributed by atoms with E-state index in [1.54, 1.807) is 0 Å². The van der Waals surface area contributed by atoms with E-state index in [-0.39, 0.29) is 5.56 Å². The van der Waals surface area contributed by atoms with Crippen molar-refractivity contribution >= 4 is 11.6 Å². The number of benzene rings is 1. The van der Waals surface area contributed by atoms with Crippen molar-refractivity contribution in [2.45, 2.75) is 12.5 Å². The van der Waals surface area contributed by atoms with Crippen LogP contribution in [0.5, 0.6) is 0 Å². The molecule has 13 heavy (non-hydrogen) atoms. The first-order chi connectivity index (χ1) is 6.15. The standard InChI is InChI=1S/C8H6ClF2NO/c9-6-3-1-5(2-4-6)7(12-13)8(10)11/h1-4,7-8H. The molecule has 1 rings (SSSR count). The fraction of sp³-hybridized carbons (Fsp3) is 0.250. The molecule has 2 nitrogen and oxygen atoms in total. The second-order valence-electron chi connectivity index (χ2n) is 2.44. The van der Waals surface area contributed by atoms with Crippen LogP contribution in [0.4, 0.5) is 8.78 Å². The Morgan fingerprint density at radius 3 is 2.15 bits per heavy atom. The van der Waals surface area contributed by atoms with Gasteiger partial charge in [0.1, 0.15) is 0 Å². The second-order valence-corrected chi connectivity index (χ2v) is 2.87. The summed E-state index contributed by atoms with van der Waals surface area (Å²) in [5.41, 5.74) is 0.175. The van der Waals surface area contributed by atoms with Crippen LogP contribution in [0.15, 0.2) is 29.4 Å². The molecule has 0 saturated heterocycles. The highest BCUT2D eigenvalue weighted by molar-refractivity contribution is 6.30. The maximum Gasteiger partial charge on any atom is 0.268 e. The van der Waals surface area contributed by atoms with E-state index >= 15 is 0 Å². The average molecular weight is 206 g/mol. The van der Waals surface area contributed by atoms with Gasteiger partial charge in [-0.15, -0.1) is 4.91 Å². The minimum Gasteiger partial charge on any atom is -0.208 e. The van der Waals surface area contributed by atoms with Gasteiger partial charge in [-0.3, -0.25) is 0 Å². The summed E-state index contributed by atoms with van der Waals surface area (Å²) in [5.74, 6) is 0. The molecule has 0 spiro atoms. The van der Waals surface area contributed by atoms with Crippen LogP contribution in [0.25, 0.3) is 0 Å². The lowest BCUT2D eigenvalue weighted by molar-refractivity contribution is 0.116. The predicted octanol–water partition coefficient (Wildman–Crippen LogP) is 3.41. The highest BCUT2D eigenvalue weighted by Gasteiger charge is 2.22. The molecule has 70 valence electrons. The number of rotatable bonds is 3. The highest BCUT2D eigenvalue weighted by atomic mass is 35.5. The van der Waals surface area contributed by atoms with Crippen LogP contribution in [-0.2, 0) is 0 Å². The first kappa shape index (κ1) is 10.1. The van der Waals surface area contributed by atoms with Gasteiger partial charge in [-0.05, 0) is 17.7 Å². The van der Waals surface area contributed by atoms with E-state index in [0.717, 1.165) is 0 Å². The molecule has 0 heterocycles. The molecule has 1 unspecified atom stereocenters. The molecular weight excluding hydrogens is 200 g/mol. The zero-order valence-electron chi connectivity index (χ0n) is 6.45. The summed E-state index contributed by atoms with van der Waals surface area (Å²) in [5, 5.41) is 2.78. The van der Waals surface area contributed by atoms with E-state index in [9.17, 15) is 13.7 Å². The molecule has 0 amide bonds. The molecule has 0 bridgehead atoms. The quantitative estimate of drug-likeness (QED) is 0.696. The predicted molar refractivity (Wildman–Crippen MR) is 46.0 cm³/mol. The SMILES string of the molecule is O=NC(c1ccc(Cl)cc1)C(F)F. The number of alkyl halides is 2. The molecule has 0 aromatic heterocycles. The number of halogens is 3. The minimum absolute atomic E-state index is 0.175. The average Bonchev–Trinajstić information content (AvgIpc) is 2.09. The fourth-order valence-corrected chi connectivity index (χ4v) is 1.04. The van der Waals surface area contributed by atoms with Gasteiger partial charge in [0.15, 0.2) is 6.04 Å². The Bertz CT molecular complexity index is 289. The maximum absolute atomic E-state index is 12.2. The summed E-state index contributed by atoms with van der Waals surface area (Å²) in [7, 11) is 0. The van der Waals surface area contributed by atoms with Gasteiger partial charge in [0.25, 0.3) is 6.43 Å². The van der Waals surface area contributed by atoms with Crippen LogP contribution in [-0.4, -0.2) is 6.43 Å². The van der Waals surface area contributed by atoms with Crippen LogP contribution in [0.2, 0.25) is 5.02 Å². The molecule has 5 heteroatoms. The largest absolute Gasteiger partial charge is 0.268 e. The van der Waals surface area contributed by atoms with Crippen molar-refractivity contribution in [1.82, 2.24) is 0 Å². The summed E-state index contributed by atoms with van der Waals surface area (Å²) in [4.78, 5) is 10.1. The van der Waals surface area contributed by atoms with E-state index in [0.29, 0.717) is 5.02 Å². The Kier molecular flexibility index (Phi) is 3.31. The van der Waals surface area contributed by atoms with Crippen molar-refractivity contribution in [1.29, 1.82) is 0 Å². The first-order valence-corrected chi connectivity index (χ1v) is 3.89. The fourth-order valence-electron chi connectivity index (χ4n) is 0.912. The molecule has 1 aromatic carbocycles. The first-order valence-electron chi connectivity index (χ1n) is 3.51. The molecule has 1 atom stereocenters. The molecule has 0 aliphatic rings. The van der Waals surface area contributed by atoms with Gasteiger partial charge in [-0.1, -0.05) is 28.9 Å². The third-order valence-corrected chi connectivity index (χ3v) is 1.82. The number of nitrogens with zero attached hydrogens (tertiary/aromatic N) is 1. The van der Waals surface area contributed by atoms with Gasteiger partial charge in [0, 0.05) is 5.02 Å². The summed E-state index contributed by atoms with van der Waals surface area (Å²) >= 11 is 5.54. The van der Waals surface area contributed by atoms with E-state index < -0.39 is 12.5 Å². The summed E-state index contributed by atoms with van der Waals surface area (Å²) < 4.78 is 24.3.